The minimum Gasteiger partial charge on any atom is -0.481 e. The van der Waals surface area contributed by atoms with Gasteiger partial charge in [-0.05, 0) is 101 Å². The molecule has 1 heterocycles. The van der Waals surface area contributed by atoms with Gasteiger partial charge in [0.25, 0.3) is 0 Å². The molecule has 0 bridgehead atoms. The fraction of sp³-hybridized carbons (Fsp3) is 0.592. The zero-order valence-electron chi connectivity index (χ0n) is 40.7. The summed E-state index contributed by atoms with van der Waals surface area (Å²) >= 11 is 5.55. The maximum atomic E-state index is 13.3. The van der Waals surface area contributed by atoms with Crippen molar-refractivity contribution >= 4 is 64.6 Å². The van der Waals surface area contributed by atoms with Crippen molar-refractivity contribution in [3.63, 3.8) is 0 Å². The number of rotatable bonds is 29. The molecule has 9 N–H and O–H groups in total. The number of hydrogen-bond acceptors (Lipinski definition) is 12. The summed E-state index contributed by atoms with van der Waals surface area (Å²) in [7, 11) is 4.06. The number of carbonyl (C=O) groups is 7. The molecule has 3 amide bonds. The van der Waals surface area contributed by atoms with Gasteiger partial charge < -0.3 is 56.8 Å². The number of Topliss-reactive ketones (excluding diaryl/α,β-unsaturated/α-hetero) is 1. The Morgan fingerprint density at radius 3 is 1.99 bits per heavy atom. The molecular weight excluding hydrogens is 923 g/mol. The summed E-state index contributed by atoms with van der Waals surface area (Å²) in [6.07, 6.45) is 4.68. The van der Waals surface area contributed by atoms with Crippen LogP contribution in [-0.2, 0) is 41.6 Å². The molecule has 1 aliphatic rings. The third kappa shape index (κ3) is 25.7. The summed E-state index contributed by atoms with van der Waals surface area (Å²) in [6.45, 7) is 5.08. The van der Waals surface area contributed by atoms with Crippen LogP contribution < -0.4 is 26.6 Å². The predicted molar refractivity (Wildman–Crippen MR) is 270 cm³/mol. The van der Waals surface area contributed by atoms with E-state index in [2.05, 4.69) is 36.4 Å². The average Bonchev–Trinajstić information content (AvgIpc) is 3.30. The molecule has 70 heavy (non-hydrogen) atoms. The lowest BCUT2D eigenvalue weighted by Gasteiger charge is -2.36. The fourth-order valence-electron chi connectivity index (χ4n) is 8.09. The molecule has 20 nitrogen and oxygen atoms in total. The molecule has 3 rings (SSSR count). The molecule has 2 aromatic rings. The summed E-state index contributed by atoms with van der Waals surface area (Å²) < 4.78 is 0. The lowest BCUT2D eigenvalue weighted by atomic mass is 9.92. The van der Waals surface area contributed by atoms with Gasteiger partial charge in [-0.15, -0.1) is 0 Å². The van der Waals surface area contributed by atoms with Gasteiger partial charge in [0.2, 0.25) is 5.91 Å². The van der Waals surface area contributed by atoms with Crippen molar-refractivity contribution in [2.75, 3.05) is 97.9 Å². The van der Waals surface area contributed by atoms with Crippen LogP contribution in [0.25, 0.3) is 0 Å². The number of anilines is 1. The van der Waals surface area contributed by atoms with Crippen LogP contribution in [0.3, 0.4) is 0 Å². The van der Waals surface area contributed by atoms with E-state index in [9.17, 15) is 48.9 Å². The quantitative estimate of drug-likeness (QED) is 0.0419. The molecule has 3 atom stereocenters. The first-order valence-corrected chi connectivity index (χ1v) is 24.6. The number of aliphatic carboxylic acids is 4. The van der Waals surface area contributed by atoms with Crippen molar-refractivity contribution in [3.8, 4) is 0 Å². The van der Waals surface area contributed by atoms with E-state index in [1.54, 1.807) is 0 Å². The van der Waals surface area contributed by atoms with E-state index in [4.69, 9.17) is 17.3 Å². The van der Waals surface area contributed by atoms with Crippen LogP contribution in [0.5, 0.6) is 0 Å². The number of amides is 3. The number of ketones is 1. The van der Waals surface area contributed by atoms with Gasteiger partial charge in [0.15, 0.2) is 5.11 Å². The number of carboxylic acid groups (broad SMARTS) is 4. The van der Waals surface area contributed by atoms with Gasteiger partial charge in [-0.2, -0.15) is 0 Å². The van der Waals surface area contributed by atoms with Crippen molar-refractivity contribution in [2.24, 2.45) is 5.92 Å². The summed E-state index contributed by atoms with van der Waals surface area (Å²) in [5, 5.41) is 52.2. The van der Waals surface area contributed by atoms with Crippen LogP contribution >= 0.6 is 12.2 Å². The Bertz CT molecular complexity index is 1960. The number of hydrogen-bond donors (Lipinski definition) is 9. The van der Waals surface area contributed by atoms with Gasteiger partial charge in [-0.3, -0.25) is 33.8 Å². The van der Waals surface area contributed by atoms with E-state index < -0.39 is 41.9 Å². The second kappa shape index (κ2) is 33.0. The fourth-order valence-corrected chi connectivity index (χ4v) is 8.31. The zero-order chi connectivity index (χ0) is 51.3. The zero-order valence-corrected chi connectivity index (χ0v) is 41.6. The van der Waals surface area contributed by atoms with Crippen molar-refractivity contribution < 1.29 is 54.0 Å². The minimum absolute atomic E-state index is 0.00975. The van der Waals surface area contributed by atoms with E-state index in [1.165, 1.54) is 0 Å². The summed E-state index contributed by atoms with van der Waals surface area (Å²) in [4.78, 5) is 92.7. The first-order chi connectivity index (χ1) is 33.5. The molecule has 21 heteroatoms. The summed E-state index contributed by atoms with van der Waals surface area (Å²) in [6, 6.07) is 15.4. The summed E-state index contributed by atoms with van der Waals surface area (Å²) in [5.41, 5.74) is 2.75. The Kier molecular flexibility index (Phi) is 27.6. The molecule has 2 aromatic carbocycles. The highest BCUT2D eigenvalue weighted by atomic mass is 32.1. The Labute approximate surface area is 416 Å². The van der Waals surface area contributed by atoms with E-state index in [0.29, 0.717) is 82.9 Å². The van der Waals surface area contributed by atoms with Gasteiger partial charge >= 0.3 is 29.9 Å². The third-order valence-corrected chi connectivity index (χ3v) is 12.3. The third-order valence-electron chi connectivity index (χ3n) is 12.0. The summed E-state index contributed by atoms with van der Waals surface area (Å²) in [5.74, 6) is -4.88. The van der Waals surface area contributed by atoms with E-state index in [-0.39, 0.29) is 69.6 Å². The lowest BCUT2D eigenvalue weighted by molar-refractivity contribution is -0.140. The van der Waals surface area contributed by atoms with Crippen molar-refractivity contribution in [1.29, 1.82) is 0 Å². The molecule has 388 valence electrons. The molecule has 0 saturated carbocycles. The second-order valence-electron chi connectivity index (χ2n) is 18.1. The molecule has 0 aromatic heterocycles. The molecule has 0 radical (unpaired) electrons. The Morgan fingerprint density at radius 1 is 0.657 bits per heavy atom. The maximum Gasteiger partial charge on any atom is 0.326 e. The van der Waals surface area contributed by atoms with Crippen LogP contribution in [0.15, 0.2) is 54.6 Å². The van der Waals surface area contributed by atoms with Crippen molar-refractivity contribution in [2.45, 2.75) is 89.1 Å². The van der Waals surface area contributed by atoms with E-state index in [0.717, 1.165) is 42.7 Å². The number of unbranched alkanes of at least 4 members (excludes halogenated alkanes) is 3. The molecule has 1 aliphatic heterocycles. The molecule has 0 aliphatic carbocycles. The van der Waals surface area contributed by atoms with Crippen LogP contribution in [0.1, 0.15) is 75.3 Å². The number of thiocarbonyl (C=S) groups is 1. The molecular formula is C49H75N9O11S. The molecule has 1 saturated heterocycles. The van der Waals surface area contributed by atoms with Crippen LogP contribution in [0.2, 0.25) is 0 Å². The van der Waals surface area contributed by atoms with Gasteiger partial charge in [0.1, 0.15) is 11.8 Å². The highest BCUT2D eigenvalue weighted by molar-refractivity contribution is 7.80. The number of nitrogens with one attached hydrogen (secondary N) is 5. The Balaban J connectivity index is 1.42. The topological polar surface area (TPSA) is 274 Å². The monoisotopic (exact) mass is 998 g/mol. The Hall–Kier alpha value is -5.74. The van der Waals surface area contributed by atoms with Gasteiger partial charge in [-0.25, -0.2) is 9.59 Å². The van der Waals surface area contributed by atoms with Crippen LogP contribution in [-0.4, -0.2) is 191 Å². The van der Waals surface area contributed by atoms with Gasteiger partial charge in [0, 0.05) is 102 Å². The smallest absolute Gasteiger partial charge is 0.326 e. The number of carbonyl (C=O) groups excluding carboxylic acids is 3. The van der Waals surface area contributed by atoms with Crippen LogP contribution in [0, 0.1) is 5.92 Å². The van der Waals surface area contributed by atoms with Crippen molar-refractivity contribution in [3.05, 3.63) is 65.7 Å². The van der Waals surface area contributed by atoms with Gasteiger partial charge in [-0.1, -0.05) is 48.9 Å². The minimum atomic E-state index is -1.20. The molecule has 1 unspecified atom stereocenters. The molecule has 1 fully saturated rings. The van der Waals surface area contributed by atoms with Crippen LogP contribution in [0.4, 0.5) is 10.5 Å². The second-order valence-corrected chi connectivity index (χ2v) is 18.5. The van der Waals surface area contributed by atoms with E-state index >= 15 is 0 Å². The maximum absolute atomic E-state index is 13.3. The van der Waals surface area contributed by atoms with Crippen molar-refractivity contribution in [1.82, 2.24) is 40.9 Å². The largest absolute Gasteiger partial charge is 0.481 e. The number of likely N-dealkylation sites (N-methyl/N-ethyl adjacent to an activating group) is 2. The highest BCUT2D eigenvalue weighted by Gasteiger charge is 2.26. The Morgan fingerprint density at radius 2 is 1.30 bits per heavy atom. The highest BCUT2D eigenvalue weighted by Crippen LogP contribution is 2.18. The SMILES string of the molecule is CN1CCN(C)CC(Cc2ccc(NC(=S)NCCCCCC(=O)C[C@@H](Cc3ccccc3)C(=O)NCCCC[C@H](NC(=O)NCCCC(=O)O)C(=O)O)cc2)N(CC(=O)O)CCN(CC(=O)O)CC1. The number of benzene rings is 2. The van der Waals surface area contributed by atoms with Gasteiger partial charge in [0.05, 0.1) is 13.1 Å². The number of nitrogens with zero attached hydrogens (tertiary/aromatic N) is 4. The standard InChI is InChI=1S/C49H75N9O11S/c1-55-24-25-56(2)33-40(58(35-45(64)65)29-28-57(27-26-55)34-44(62)63)31-37-17-19-39(20-18-37)53-49(70)52-22-9-4-7-14-41(59)32-38(30-36-12-5-3-6-13-36)46(66)50-21-10-8-15-42(47(67)68)54-48(69)51-23-11-16-43(60)61/h3,5-6,12-13,17-20,38,40,42H,4,7-11,14-16,21-35H2,1-2H3,(H,50,66)(H,60,61)(H,62,63)(H,64,65)(H,67,68)(H2,51,54,69)(H2,52,53,70)/t38-,40?,42+/m1/s1. The van der Waals surface area contributed by atoms with E-state index in [1.807, 2.05) is 78.5 Å². The first-order valence-electron chi connectivity index (χ1n) is 24.2. The molecule has 0 spiro atoms. The normalized spacial score (nSPS) is 16.3. The number of carboxylic acids is 4. The predicted octanol–water partition coefficient (Wildman–Crippen LogP) is 2.82. The lowest BCUT2D eigenvalue weighted by Crippen LogP contribution is -2.51. The first kappa shape index (κ1) is 58.6. The average molecular weight is 998 g/mol. The number of urea groups is 1.